The molecule has 2 aliphatic rings. The van der Waals surface area contributed by atoms with Gasteiger partial charge in [-0.3, -0.25) is 14.9 Å². The molecule has 4 rings (SSSR count). The van der Waals surface area contributed by atoms with Crippen LogP contribution < -0.4 is 5.32 Å². The topological polar surface area (TPSA) is 46.2 Å². The lowest BCUT2D eigenvalue weighted by molar-refractivity contribution is 0.0880. The Morgan fingerprint density at radius 2 is 1.42 bits per heavy atom. The van der Waals surface area contributed by atoms with Gasteiger partial charge in [0.25, 0.3) is 11.8 Å². The summed E-state index contributed by atoms with van der Waals surface area (Å²) >= 11 is 0. The lowest BCUT2D eigenvalue weighted by atomic mass is 9.82. The highest BCUT2D eigenvalue weighted by Gasteiger charge is 2.34. The number of hydrogen-bond acceptors (Lipinski definition) is 2. The molecule has 0 aromatic heterocycles. The van der Waals surface area contributed by atoms with E-state index in [0.29, 0.717) is 11.1 Å². The molecule has 1 N–H and O–H groups in total. The molecule has 0 radical (unpaired) electrons. The Hall–Kier alpha value is -2.16. The largest absolute Gasteiger partial charge is 0.288 e. The van der Waals surface area contributed by atoms with Crippen molar-refractivity contribution in [3.05, 3.63) is 46.5 Å². The fourth-order valence-electron chi connectivity index (χ4n) is 3.44. The van der Waals surface area contributed by atoms with Gasteiger partial charge in [0.2, 0.25) is 0 Å². The highest BCUT2D eigenvalue weighted by Crippen LogP contribution is 2.37. The van der Waals surface area contributed by atoms with Crippen molar-refractivity contribution in [1.29, 1.82) is 0 Å². The first-order valence-electron chi connectivity index (χ1n) is 6.69. The van der Waals surface area contributed by atoms with Crippen LogP contribution in [-0.4, -0.2) is 11.8 Å². The minimum absolute atomic E-state index is 0.219. The van der Waals surface area contributed by atoms with Crippen molar-refractivity contribution in [3.63, 3.8) is 0 Å². The second-order valence-corrected chi connectivity index (χ2v) is 5.24. The monoisotopic (exact) mass is 251 g/mol. The third-order valence-corrected chi connectivity index (χ3v) is 4.22. The van der Waals surface area contributed by atoms with E-state index in [9.17, 15) is 9.59 Å². The average molecular weight is 251 g/mol. The predicted molar refractivity (Wildman–Crippen MR) is 72.4 cm³/mol. The molecule has 1 heterocycles. The van der Waals surface area contributed by atoms with Crippen molar-refractivity contribution in [3.8, 4) is 0 Å². The summed E-state index contributed by atoms with van der Waals surface area (Å²) in [4.78, 5) is 24.1. The van der Waals surface area contributed by atoms with E-state index in [-0.39, 0.29) is 11.8 Å². The van der Waals surface area contributed by atoms with Gasteiger partial charge in [-0.25, -0.2) is 0 Å². The number of nitrogens with one attached hydrogen (secondary N) is 1. The molecule has 0 bridgehead atoms. The quantitative estimate of drug-likeness (QED) is 0.731. The number of imide groups is 1. The number of rotatable bonds is 0. The molecule has 0 atom stereocenters. The van der Waals surface area contributed by atoms with Crippen molar-refractivity contribution >= 4 is 22.6 Å². The summed E-state index contributed by atoms with van der Waals surface area (Å²) in [6.45, 7) is 0. The van der Waals surface area contributed by atoms with Crippen LogP contribution in [0.2, 0.25) is 0 Å². The molecular formula is C16H13NO2. The van der Waals surface area contributed by atoms with E-state index in [0.717, 1.165) is 42.0 Å². The van der Waals surface area contributed by atoms with E-state index in [1.165, 1.54) is 5.56 Å². The number of fused-ring (bicyclic) bond motifs is 6. The molecule has 3 heteroatoms. The molecule has 0 unspecified atom stereocenters. The van der Waals surface area contributed by atoms with Crippen LogP contribution in [0.3, 0.4) is 0 Å². The van der Waals surface area contributed by atoms with Gasteiger partial charge in [0.15, 0.2) is 0 Å². The Kier molecular flexibility index (Phi) is 2.07. The van der Waals surface area contributed by atoms with Crippen LogP contribution in [-0.2, 0) is 12.8 Å². The normalized spacial score (nSPS) is 17.3. The van der Waals surface area contributed by atoms with E-state index >= 15 is 0 Å². The summed E-state index contributed by atoms with van der Waals surface area (Å²) in [5.74, 6) is -0.464. The average Bonchev–Trinajstić information content (AvgIpc) is 2.75. The fourth-order valence-corrected chi connectivity index (χ4v) is 3.44. The maximum Gasteiger partial charge on any atom is 0.259 e. The molecule has 19 heavy (non-hydrogen) atoms. The third-order valence-electron chi connectivity index (χ3n) is 4.22. The number of amides is 2. The summed E-state index contributed by atoms with van der Waals surface area (Å²) in [5, 5.41) is 4.50. The fraction of sp³-hybridized carbons (Fsp3) is 0.250. The zero-order valence-corrected chi connectivity index (χ0v) is 10.5. The van der Waals surface area contributed by atoms with Crippen LogP contribution in [0, 0.1) is 0 Å². The highest BCUT2D eigenvalue weighted by atomic mass is 16.2. The van der Waals surface area contributed by atoms with E-state index in [4.69, 9.17) is 0 Å². The van der Waals surface area contributed by atoms with Gasteiger partial charge < -0.3 is 0 Å². The van der Waals surface area contributed by atoms with E-state index in [2.05, 4.69) is 11.4 Å². The van der Waals surface area contributed by atoms with Crippen molar-refractivity contribution < 1.29 is 9.59 Å². The van der Waals surface area contributed by atoms with Crippen LogP contribution in [0.1, 0.15) is 44.7 Å². The number of benzene rings is 2. The van der Waals surface area contributed by atoms with E-state index in [1.807, 2.05) is 18.2 Å². The third kappa shape index (κ3) is 1.33. The Balaban J connectivity index is 2.22. The number of carbonyl (C=O) groups excluding carboxylic acids is 2. The number of aryl methyl sites for hydroxylation is 1. The summed E-state index contributed by atoms with van der Waals surface area (Å²) < 4.78 is 0. The SMILES string of the molecule is O=C1NC(=O)c2c1c1c(c3ccccc23)CCCC1. The van der Waals surface area contributed by atoms with Crippen LogP contribution in [0.4, 0.5) is 0 Å². The lowest BCUT2D eigenvalue weighted by Gasteiger charge is -2.20. The molecule has 0 fully saturated rings. The molecule has 0 saturated heterocycles. The zero-order valence-electron chi connectivity index (χ0n) is 10.5. The minimum Gasteiger partial charge on any atom is -0.288 e. The van der Waals surface area contributed by atoms with Crippen molar-refractivity contribution in [1.82, 2.24) is 5.32 Å². The predicted octanol–water partition coefficient (Wildman–Crippen LogP) is 2.60. The maximum atomic E-state index is 12.1. The number of carbonyl (C=O) groups is 2. The Bertz CT molecular complexity index is 746. The van der Waals surface area contributed by atoms with Gasteiger partial charge in [0.05, 0.1) is 11.1 Å². The minimum atomic E-state index is -0.246. The van der Waals surface area contributed by atoms with Crippen LogP contribution in [0.15, 0.2) is 24.3 Å². The second kappa shape index (κ2) is 3.67. The first kappa shape index (κ1) is 10.7. The smallest absolute Gasteiger partial charge is 0.259 e. The van der Waals surface area contributed by atoms with Gasteiger partial charge >= 0.3 is 0 Å². The second-order valence-electron chi connectivity index (χ2n) is 5.24. The van der Waals surface area contributed by atoms with Gasteiger partial charge in [-0.1, -0.05) is 24.3 Å². The molecular weight excluding hydrogens is 238 g/mol. The van der Waals surface area contributed by atoms with E-state index in [1.54, 1.807) is 0 Å². The molecule has 1 aliphatic heterocycles. The first-order chi connectivity index (χ1) is 9.27. The molecule has 0 spiro atoms. The molecule has 2 aromatic rings. The van der Waals surface area contributed by atoms with Crippen LogP contribution >= 0.6 is 0 Å². The van der Waals surface area contributed by atoms with E-state index < -0.39 is 0 Å². The lowest BCUT2D eigenvalue weighted by Crippen LogP contribution is -2.20. The van der Waals surface area contributed by atoms with Crippen molar-refractivity contribution in [2.75, 3.05) is 0 Å². The zero-order chi connectivity index (χ0) is 13.0. The summed E-state index contributed by atoms with van der Waals surface area (Å²) in [5.41, 5.74) is 3.59. The standard InChI is InChI=1S/C16H13NO2/c18-15-13-11-7-3-1-5-9(11)10-6-2-4-8-12(10)14(13)16(19)17-15/h1,3,5,7H,2,4,6,8H2,(H,17,18,19). The molecule has 2 aromatic carbocycles. The molecule has 94 valence electrons. The van der Waals surface area contributed by atoms with Crippen LogP contribution in [0.25, 0.3) is 10.8 Å². The van der Waals surface area contributed by atoms with Crippen molar-refractivity contribution in [2.45, 2.75) is 25.7 Å². The summed E-state index contributed by atoms with van der Waals surface area (Å²) in [6, 6.07) is 7.93. The summed E-state index contributed by atoms with van der Waals surface area (Å²) in [6.07, 6.45) is 4.17. The molecule has 3 nitrogen and oxygen atoms in total. The summed E-state index contributed by atoms with van der Waals surface area (Å²) in [7, 11) is 0. The van der Waals surface area contributed by atoms with Gasteiger partial charge in [-0.05, 0) is 47.6 Å². The Morgan fingerprint density at radius 1 is 0.789 bits per heavy atom. The molecule has 2 amide bonds. The first-order valence-corrected chi connectivity index (χ1v) is 6.69. The van der Waals surface area contributed by atoms with Gasteiger partial charge in [-0.2, -0.15) is 0 Å². The van der Waals surface area contributed by atoms with Gasteiger partial charge in [-0.15, -0.1) is 0 Å². The molecule has 0 saturated carbocycles. The Morgan fingerprint density at radius 3 is 2.21 bits per heavy atom. The van der Waals surface area contributed by atoms with Crippen LogP contribution in [0.5, 0.6) is 0 Å². The van der Waals surface area contributed by atoms with Gasteiger partial charge in [0, 0.05) is 0 Å². The van der Waals surface area contributed by atoms with Crippen molar-refractivity contribution in [2.24, 2.45) is 0 Å². The number of hydrogen-bond donors (Lipinski definition) is 1. The Labute approximate surface area is 110 Å². The van der Waals surface area contributed by atoms with Gasteiger partial charge in [0.1, 0.15) is 0 Å². The molecule has 1 aliphatic carbocycles. The maximum absolute atomic E-state index is 12.1. The highest BCUT2D eigenvalue weighted by molar-refractivity contribution is 6.27.